The fourth-order valence-electron chi connectivity index (χ4n) is 2.52. The van der Waals surface area contributed by atoms with Crippen molar-refractivity contribution < 1.29 is 8.42 Å². The van der Waals surface area contributed by atoms with Gasteiger partial charge >= 0.3 is 0 Å². The molecule has 1 aliphatic rings. The van der Waals surface area contributed by atoms with E-state index in [4.69, 9.17) is 5.26 Å². The monoisotopic (exact) mass is 310 g/mol. The van der Waals surface area contributed by atoms with Crippen LogP contribution in [-0.4, -0.2) is 26.0 Å². The summed E-state index contributed by atoms with van der Waals surface area (Å²) in [4.78, 5) is 0. The lowest BCUT2D eigenvalue weighted by atomic mass is 10.1. The molecule has 0 radical (unpaired) electrons. The first-order valence-electron chi connectivity index (χ1n) is 6.55. The van der Waals surface area contributed by atoms with Gasteiger partial charge in [-0.05, 0) is 37.1 Å². The Bertz CT molecular complexity index is 608. The Morgan fingerprint density at radius 2 is 2.15 bits per heavy atom. The van der Waals surface area contributed by atoms with Crippen LogP contribution in [-0.2, 0) is 15.8 Å². The van der Waals surface area contributed by atoms with E-state index in [1.807, 2.05) is 6.07 Å². The minimum absolute atomic E-state index is 0.0340. The van der Waals surface area contributed by atoms with Gasteiger partial charge in [-0.3, -0.25) is 0 Å². The average Bonchev–Trinajstić information content (AvgIpc) is 2.85. The number of benzene rings is 1. The molecule has 1 N–H and O–H groups in total. The lowest BCUT2D eigenvalue weighted by Crippen LogP contribution is -2.34. The number of hydrogen-bond acceptors (Lipinski definition) is 4. The van der Waals surface area contributed by atoms with Crippen LogP contribution in [0.15, 0.2) is 24.3 Å². The van der Waals surface area contributed by atoms with Crippen molar-refractivity contribution in [2.24, 2.45) is 0 Å². The number of nitriles is 1. The van der Waals surface area contributed by atoms with E-state index in [2.05, 4.69) is 11.0 Å². The number of thioether (sulfide) groups is 1. The first-order valence-corrected chi connectivity index (χ1v) is 9.49. The van der Waals surface area contributed by atoms with Gasteiger partial charge in [-0.1, -0.05) is 18.2 Å². The third kappa shape index (κ3) is 3.98. The largest absolute Gasteiger partial charge is 0.216 e. The SMILES string of the molecule is CSC1CCC(NS(=O)(=O)Cc2ccccc2C#N)C1. The molecule has 0 spiro atoms. The number of hydrogen-bond donors (Lipinski definition) is 1. The summed E-state index contributed by atoms with van der Waals surface area (Å²) in [6.07, 6.45) is 4.90. The zero-order valence-electron chi connectivity index (χ0n) is 11.4. The van der Waals surface area contributed by atoms with E-state index in [1.54, 1.807) is 36.0 Å². The molecule has 0 heterocycles. The summed E-state index contributed by atoms with van der Waals surface area (Å²) in [5.41, 5.74) is 0.980. The molecule has 0 aliphatic heterocycles. The van der Waals surface area contributed by atoms with Crippen molar-refractivity contribution in [1.29, 1.82) is 5.26 Å². The minimum Gasteiger partial charge on any atom is -0.212 e. The molecule has 1 saturated carbocycles. The molecule has 2 atom stereocenters. The molecule has 108 valence electrons. The minimum atomic E-state index is -3.39. The Morgan fingerprint density at radius 1 is 1.40 bits per heavy atom. The summed E-state index contributed by atoms with van der Waals surface area (Å²) in [5, 5.41) is 9.55. The van der Waals surface area contributed by atoms with Crippen molar-refractivity contribution in [3.63, 3.8) is 0 Å². The van der Waals surface area contributed by atoms with E-state index in [0.29, 0.717) is 16.4 Å². The van der Waals surface area contributed by atoms with Crippen LogP contribution in [0.3, 0.4) is 0 Å². The number of sulfonamides is 1. The Labute approximate surface area is 124 Å². The van der Waals surface area contributed by atoms with Crippen LogP contribution in [0.1, 0.15) is 30.4 Å². The first-order chi connectivity index (χ1) is 9.54. The smallest absolute Gasteiger partial charge is 0.212 e. The molecule has 2 rings (SSSR count). The van der Waals surface area contributed by atoms with E-state index in [-0.39, 0.29) is 11.8 Å². The Hall–Kier alpha value is -1.03. The van der Waals surface area contributed by atoms with Crippen LogP contribution in [0.25, 0.3) is 0 Å². The van der Waals surface area contributed by atoms with Crippen LogP contribution < -0.4 is 4.72 Å². The molecule has 0 saturated heterocycles. The Morgan fingerprint density at radius 3 is 2.80 bits per heavy atom. The van der Waals surface area contributed by atoms with Gasteiger partial charge in [0.1, 0.15) is 0 Å². The predicted octanol–water partition coefficient (Wildman–Crippen LogP) is 2.26. The van der Waals surface area contributed by atoms with Crippen LogP contribution in [0, 0.1) is 11.3 Å². The van der Waals surface area contributed by atoms with Gasteiger partial charge in [0, 0.05) is 11.3 Å². The van der Waals surface area contributed by atoms with E-state index >= 15 is 0 Å². The molecule has 1 fully saturated rings. The van der Waals surface area contributed by atoms with Gasteiger partial charge in [-0.25, -0.2) is 13.1 Å². The number of rotatable bonds is 5. The lowest BCUT2D eigenvalue weighted by molar-refractivity contribution is 0.552. The van der Waals surface area contributed by atoms with Gasteiger partial charge in [0.2, 0.25) is 10.0 Å². The summed E-state index contributed by atoms with van der Waals surface area (Å²) in [5.74, 6) is -0.128. The predicted molar refractivity (Wildman–Crippen MR) is 81.9 cm³/mol. The molecule has 0 amide bonds. The zero-order valence-corrected chi connectivity index (χ0v) is 13.0. The maximum Gasteiger partial charge on any atom is 0.216 e. The summed E-state index contributed by atoms with van der Waals surface area (Å²) in [7, 11) is -3.39. The van der Waals surface area contributed by atoms with E-state index in [9.17, 15) is 8.42 Å². The van der Waals surface area contributed by atoms with Crippen molar-refractivity contribution in [2.75, 3.05) is 6.26 Å². The van der Waals surface area contributed by atoms with Crippen molar-refractivity contribution in [2.45, 2.75) is 36.3 Å². The highest BCUT2D eigenvalue weighted by Crippen LogP contribution is 2.28. The Balaban J connectivity index is 2.03. The standard InChI is InChI=1S/C14H18N2O2S2/c1-19-14-7-6-13(8-14)16-20(17,18)10-12-5-3-2-4-11(12)9-15/h2-5,13-14,16H,6-8,10H2,1H3. The van der Waals surface area contributed by atoms with Crippen LogP contribution in [0.4, 0.5) is 0 Å². The van der Waals surface area contributed by atoms with Crippen LogP contribution in [0.5, 0.6) is 0 Å². The number of nitrogens with zero attached hydrogens (tertiary/aromatic N) is 1. The second kappa shape index (κ2) is 6.61. The van der Waals surface area contributed by atoms with Crippen LogP contribution >= 0.6 is 11.8 Å². The number of nitrogens with one attached hydrogen (secondary N) is 1. The molecular weight excluding hydrogens is 292 g/mol. The summed E-state index contributed by atoms with van der Waals surface area (Å²) >= 11 is 1.79. The highest BCUT2D eigenvalue weighted by molar-refractivity contribution is 7.99. The van der Waals surface area contributed by atoms with Gasteiger partial charge < -0.3 is 0 Å². The summed E-state index contributed by atoms with van der Waals surface area (Å²) < 4.78 is 27.2. The molecule has 1 aliphatic carbocycles. The molecule has 20 heavy (non-hydrogen) atoms. The maximum absolute atomic E-state index is 12.2. The van der Waals surface area contributed by atoms with Crippen molar-refractivity contribution in [1.82, 2.24) is 4.72 Å². The summed E-state index contributed by atoms with van der Waals surface area (Å²) in [6, 6.07) is 8.89. The van der Waals surface area contributed by atoms with Crippen molar-refractivity contribution in [3.8, 4) is 6.07 Å². The van der Waals surface area contributed by atoms with Gasteiger partial charge in [0.05, 0.1) is 17.4 Å². The van der Waals surface area contributed by atoms with Crippen molar-refractivity contribution >= 4 is 21.8 Å². The van der Waals surface area contributed by atoms with Crippen LogP contribution in [0.2, 0.25) is 0 Å². The molecule has 1 aromatic carbocycles. The van der Waals surface area contributed by atoms with E-state index in [0.717, 1.165) is 19.3 Å². The first kappa shape index (κ1) is 15.4. The lowest BCUT2D eigenvalue weighted by Gasteiger charge is -2.13. The molecule has 2 unspecified atom stereocenters. The topological polar surface area (TPSA) is 70.0 Å². The second-order valence-corrected chi connectivity index (χ2v) is 7.91. The third-order valence-corrected chi connectivity index (χ3v) is 6.03. The normalized spacial score (nSPS) is 22.6. The molecular formula is C14H18N2O2S2. The zero-order chi connectivity index (χ0) is 14.6. The molecule has 6 heteroatoms. The van der Waals surface area contributed by atoms with E-state index in [1.165, 1.54) is 0 Å². The second-order valence-electron chi connectivity index (χ2n) is 5.01. The highest BCUT2D eigenvalue weighted by Gasteiger charge is 2.27. The average molecular weight is 310 g/mol. The van der Waals surface area contributed by atoms with Crippen molar-refractivity contribution in [3.05, 3.63) is 35.4 Å². The molecule has 0 aromatic heterocycles. The van der Waals surface area contributed by atoms with Gasteiger partial charge in [-0.2, -0.15) is 17.0 Å². The molecule has 4 nitrogen and oxygen atoms in total. The Kier molecular flexibility index (Phi) is 5.08. The molecule has 1 aromatic rings. The fraction of sp³-hybridized carbons (Fsp3) is 0.500. The van der Waals surface area contributed by atoms with Gasteiger partial charge in [0.15, 0.2) is 0 Å². The fourth-order valence-corrected chi connectivity index (χ4v) is 4.78. The maximum atomic E-state index is 12.2. The summed E-state index contributed by atoms with van der Waals surface area (Å²) in [6.45, 7) is 0. The highest BCUT2D eigenvalue weighted by atomic mass is 32.2. The van der Waals surface area contributed by atoms with Gasteiger partial charge in [-0.15, -0.1) is 0 Å². The van der Waals surface area contributed by atoms with E-state index < -0.39 is 10.0 Å². The third-order valence-electron chi connectivity index (χ3n) is 3.55. The van der Waals surface area contributed by atoms with Gasteiger partial charge in [0.25, 0.3) is 0 Å². The quantitative estimate of drug-likeness (QED) is 0.905. The molecule has 0 bridgehead atoms.